The second-order valence-electron chi connectivity index (χ2n) is 6.82. The van der Waals surface area contributed by atoms with E-state index in [9.17, 15) is 55.5 Å². The predicted molar refractivity (Wildman–Crippen MR) is 93.6 cm³/mol. The van der Waals surface area contributed by atoms with Gasteiger partial charge in [0.25, 0.3) is 0 Å². The Labute approximate surface area is 210 Å². The van der Waals surface area contributed by atoms with Gasteiger partial charge in [-0.2, -0.15) is 26.3 Å². The summed E-state index contributed by atoms with van der Waals surface area (Å²) in [6.07, 6.45) is -13.5. The number of alkyl halides is 6. The fourth-order valence-electron chi connectivity index (χ4n) is 2.98. The van der Waals surface area contributed by atoms with Crippen molar-refractivity contribution in [3.8, 4) is 0 Å². The van der Waals surface area contributed by atoms with Gasteiger partial charge in [-0.3, -0.25) is 9.59 Å². The first kappa shape index (κ1) is 31.9. The van der Waals surface area contributed by atoms with Crippen LogP contribution in [0.15, 0.2) is 5.28 Å². The second kappa shape index (κ2) is 13.7. The van der Waals surface area contributed by atoms with Crippen LogP contribution in [0.25, 0.3) is 0 Å². The Morgan fingerprint density at radius 1 is 0.706 bits per heavy atom. The first-order valence-corrected chi connectivity index (χ1v) is 9.40. The van der Waals surface area contributed by atoms with Crippen LogP contribution < -0.4 is 29.6 Å². The summed E-state index contributed by atoms with van der Waals surface area (Å²) < 4.78 is 90.5. The fourth-order valence-corrected chi connectivity index (χ4v) is 2.98. The molecule has 190 valence electrons. The van der Waals surface area contributed by atoms with Gasteiger partial charge >= 0.3 is 59.9 Å². The van der Waals surface area contributed by atoms with Gasteiger partial charge in [0, 0.05) is 44.2 Å². The van der Waals surface area contributed by atoms with E-state index in [1.54, 1.807) is 0 Å². The largest absolute Gasteiger partial charge is 1.00 e. The van der Waals surface area contributed by atoms with Crippen molar-refractivity contribution in [2.75, 3.05) is 52.4 Å². The fraction of sp³-hybridized carbons (Fsp3) is 0.800. The molecule has 1 saturated heterocycles. The third-order valence-electron chi connectivity index (χ3n) is 4.59. The number of hydrazine groups is 1. The summed E-state index contributed by atoms with van der Waals surface area (Å²) in [5.74, 6) is -4.69. The molecule has 0 spiro atoms. The first-order valence-electron chi connectivity index (χ1n) is 9.40. The molecule has 0 atom stereocenters. The van der Waals surface area contributed by atoms with Crippen LogP contribution in [0.4, 0.5) is 35.5 Å². The number of halogens is 7. The van der Waals surface area contributed by atoms with Crippen LogP contribution in [0.1, 0.15) is 12.8 Å². The first-order chi connectivity index (χ1) is 15.2. The van der Waals surface area contributed by atoms with Gasteiger partial charge in [-0.15, -0.1) is 9.40 Å². The molecular formula is C15H20F7N6NaO5. The molecule has 3 amide bonds. The smallest absolute Gasteiger partial charge is 0.737 e. The minimum atomic E-state index is -5.34. The summed E-state index contributed by atoms with van der Waals surface area (Å²) >= 11 is 0. The molecule has 1 aliphatic heterocycles. The summed E-state index contributed by atoms with van der Waals surface area (Å²) in [4.78, 5) is 34.8. The van der Waals surface area contributed by atoms with Gasteiger partial charge in [-0.05, 0) is 18.1 Å². The molecule has 0 saturated carbocycles. The minimum absolute atomic E-state index is 0. The maximum absolute atomic E-state index is 13.3. The molecule has 1 fully saturated rings. The van der Waals surface area contributed by atoms with Gasteiger partial charge in [-0.25, -0.2) is 4.79 Å². The Morgan fingerprint density at radius 2 is 1.09 bits per heavy atom. The molecule has 0 aromatic carbocycles. The van der Waals surface area contributed by atoms with Gasteiger partial charge < -0.3 is 25.1 Å². The molecule has 34 heavy (non-hydrogen) atoms. The maximum Gasteiger partial charge on any atom is 1.00 e. The van der Waals surface area contributed by atoms with Gasteiger partial charge in [0.2, 0.25) is 0 Å². The Morgan fingerprint density at radius 3 is 1.50 bits per heavy atom. The van der Waals surface area contributed by atoms with E-state index in [1.807, 2.05) is 0 Å². The summed E-state index contributed by atoms with van der Waals surface area (Å²) in [6.45, 7) is -5.29. The molecule has 1 heterocycles. The van der Waals surface area contributed by atoms with Crippen LogP contribution in [-0.4, -0.2) is 107 Å². The summed E-state index contributed by atoms with van der Waals surface area (Å²) in [6, 6.07) is 0. The van der Waals surface area contributed by atoms with Crippen molar-refractivity contribution < 1.29 is 79.6 Å². The molecular weight excluding hydrogens is 500 g/mol. The summed E-state index contributed by atoms with van der Waals surface area (Å²) in [5.41, 5.74) is 0. The van der Waals surface area contributed by atoms with E-state index in [0.29, 0.717) is 9.91 Å². The van der Waals surface area contributed by atoms with Gasteiger partial charge in [0.15, 0.2) is 0 Å². The monoisotopic (exact) mass is 520 g/mol. The topological polar surface area (TPSA) is 126 Å². The Kier molecular flexibility index (Phi) is 12.9. The van der Waals surface area contributed by atoms with Crippen molar-refractivity contribution in [3.05, 3.63) is 10.4 Å². The predicted octanol–water partition coefficient (Wildman–Crippen LogP) is -1.37. The van der Waals surface area contributed by atoms with E-state index in [1.165, 1.54) is 0 Å². The zero-order valence-corrected chi connectivity index (χ0v) is 19.9. The molecule has 1 aliphatic rings. The zero-order chi connectivity index (χ0) is 25.4. The summed E-state index contributed by atoms with van der Waals surface area (Å²) in [5, 5.41) is 24.7. The summed E-state index contributed by atoms with van der Waals surface area (Å²) in [7, 11) is 0. The van der Waals surface area contributed by atoms with Crippen LogP contribution in [0.5, 0.6) is 0 Å². The van der Waals surface area contributed by atoms with E-state index in [4.69, 9.17) is 0 Å². The second-order valence-corrected chi connectivity index (χ2v) is 6.82. The van der Waals surface area contributed by atoms with Crippen LogP contribution in [0.3, 0.4) is 0 Å². The molecule has 0 aromatic heterocycles. The molecule has 0 radical (unpaired) electrons. The number of hydrogen-bond donors (Lipinski definition) is 0. The number of hydrogen-bond acceptors (Lipinski definition) is 6. The molecule has 0 aromatic rings. The number of nitrogens with zero attached hydrogens (tertiary/aromatic N) is 6. The number of amides is 3. The molecule has 0 unspecified atom stereocenters. The van der Waals surface area contributed by atoms with Crippen molar-refractivity contribution in [2.45, 2.75) is 25.2 Å². The average Bonchev–Trinajstić information content (AvgIpc) is 2.71. The molecule has 0 aliphatic carbocycles. The van der Waals surface area contributed by atoms with E-state index < -0.39 is 94.1 Å². The number of carbonyl (C=O) groups excluding carboxylic acids is 3. The normalized spacial score (nSPS) is 18.1. The Bertz CT molecular complexity index is 739. The van der Waals surface area contributed by atoms with Crippen molar-refractivity contribution >= 4 is 18.0 Å². The molecule has 0 N–H and O–H groups in total. The third kappa shape index (κ3) is 10.0. The van der Waals surface area contributed by atoms with E-state index in [-0.39, 0.29) is 45.8 Å². The van der Waals surface area contributed by atoms with Crippen molar-refractivity contribution in [1.29, 1.82) is 0 Å². The Hall–Kier alpha value is -2.08. The van der Waals surface area contributed by atoms with Crippen LogP contribution in [-0.2, 0) is 9.59 Å². The van der Waals surface area contributed by atoms with Gasteiger partial charge in [0.1, 0.15) is 0 Å². The van der Waals surface area contributed by atoms with Crippen molar-refractivity contribution in [1.82, 2.24) is 19.7 Å². The van der Waals surface area contributed by atoms with Crippen LogP contribution >= 0.6 is 0 Å². The van der Waals surface area contributed by atoms with Crippen molar-refractivity contribution in [3.63, 3.8) is 0 Å². The maximum atomic E-state index is 13.3. The minimum Gasteiger partial charge on any atom is -0.737 e. The SMILES string of the molecule is O=C(F)N1CCCN(/[N+]([O-])=N/[O-])CCN(C(=O)C(F)(F)F)CCCN(C(=O)C(F)(F)F)CC1.[Na+]. The van der Waals surface area contributed by atoms with E-state index in [0.717, 1.165) is 0 Å². The quantitative estimate of drug-likeness (QED) is 0.0800. The van der Waals surface area contributed by atoms with E-state index in [2.05, 4.69) is 5.28 Å². The van der Waals surface area contributed by atoms with Gasteiger partial charge in [-0.1, -0.05) is 0 Å². The standard InChI is InChI=1S/C15H21F7N6O5.Na/c16-13(31)26-5-2-6-27(28(33)23-32)10-9-25(12(30)15(20,21)22)4-1-3-24(7-8-26)11(29)14(17,18)19;/h32H,1-10H2;/q;+1/p-1/b28-23-;. The van der Waals surface area contributed by atoms with Crippen molar-refractivity contribution in [2.24, 2.45) is 5.28 Å². The average molecular weight is 520 g/mol. The zero-order valence-electron chi connectivity index (χ0n) is 17.9. The number of carbonyl (C=O) groups is 3. The molecule has 0 bridgehead atoms. The molecule has 1 rings (SSSR count). The van der Waals surface area contributed by atoms with Crippen LogP contribution in [0, 0.1) is 10.4 Å². The number of rotatable bonds is 1. The van der Waals surface area contributed by atoms with Gasteiger partial charge in [0.05, 0.1) is 13.1 Å². The Balaban J connectivity index is 0.0000109. The van der Waals surface area contributed by atoms with Crippen LogP contribution in [0.2, 0.25) is 0 Å². The van der Waals surface area contributed by atoms with E-state index >= 15 is 0 Å². The molecule has 19 heteroatoms. The third-order valence-corrected chi connectivity index (χ3v) is 4.59. The molecule has 11 nitrogen and oxygen atoms in total.